The lowest BCUT2D eigenvalue weighted by atomic mass is 10.5. The average molecular weight is 166 g/mol. The molecule has 0 unspecified atom stereocenters. The minimum absolute atomic E-state index is 0.500. The second kappa shape index (κ2) is 2.06. The maximum absolute atomic E-state index is 10.7. The van der Waals surface area contributed by atoms with Crippen molar-refractivity contribution in [3.05, 3.63) is 21.5 Å². The fourth-order valence-corrected chi connectivity index (χ4v) is 1.46. The summed E-state index contributed by atoms with van der Waals surface area (Å²) in [5.41, 5.74) is 0. The molecule has 5 heteroatoms. The van der Waals surface area contributed by atoms with Crippen molar-refractivity contribution in [2.45, 2.75) is 0 Å². The highest BCUT2D eigenvalue weighted by Crippen LogP contribution is 1.88. The molecule has 2 heterocycles. The Bertz CT molecular complexity index is 405. The summed E-state index contributed by atoms with van der Waals surface area (Å²) in [4.78, 5) is 28.3. The molecule has 0 fully saturated rings. The van der Waals surface area contributed by atoms with E-state index in [2.05, 4.69) is 9.98 Å². The van der Waals surface area contributed by atoms with Gasteiger partial charge in [0.05, 0.1) is 0 Å². The van der Waals surface area contributed by atoms with Gasteiger partial charge in [0.15, 0.2) is 0 Å². The Hall–Kier alpha value is -1.36. The molecule has 54 valence electrons. The van der Waals surface area contributed by atoms with Crippen molar-refractivity contribution in [1.29, 1.82) is 0 Å². The zero-order chi connectivity index (χ0) is 7.84. The van der Waals surface area contributed by atoms with Gasteiger partial charge >= 0.3 is 11.8 Å². The Morgan fingerprint density at radius 1 is 1.18 bits per heavy atom. The van der Waals surface area contributed by atoms with E-state index in [1.807, 2.05) is 0 Å². The molecule has 1 aliphatic rings. The topological polar surface area (TPSA) is 58.9 Å². The molecule has 4 nitrogen and oxygen atoms in total. The molecular formula is C6H2N2O2S. The summed E-state index contributed by atoms with van der Waals surface area (Å²) in [6.07, 6.45) is 0. The average Bonchev–Trinajstić information content (AvgIpc) is 2.36. The normalized spacial score (nSPS) is 15.3. The molecule has 0 spiro atoms. The molecule has 0 saturated heterocycles. The van der Waals surface area contributed by atoms with Gasteiger partial charge in [-0.1, -0.05) is 0 Å². The van der Waals surface area contributed by atoms with Gasteiger partial charge in [-0.25, -0.2) is 4.99 Å². The predicted molar refractivity (Wildman–Crippen MR) is 36.6 cm³/mol. The number of nitrogens with zero attached hydrogens (tertiary/aromatic N) is 2. The van der Waals surface area contributed by atoms with Crippen molar-refractivity contribution in [3.63, 3.8) is 0 Å². The number of carbonyl (C=O) groups excluding carboxylic acids is 2. The van der Waals surface area contributed by atoms with Gasteiger partial charge in [0.1, 0.15) is 10.0 Å². The fourth-order valence-electron chi connectivity index (χ4n) is 0.761. The molecule has 2 amide bonds. The summed E-state index contributed by atoms with van der Waals surface area (Å²) < 4.78 is 0.523. The van der Waals surface area contributed by atoms with Crippen molar-refractivity contribution in [2.24, 2.45) is 9.98 Å². The summed E-state index contributed by atoms with van der Waals surface area (Å²) in [5, 5.41) is 2.24. The number of hydrogen-bond acceptors (Lipinski definition) is 3. The van der Waals surface area contributed by atoms with Gasteiger partial charge in [0.25, 0.3) is 0 Å². The van der Waals surface area contributed by atoms with E-state index in [0.29, 0.717) is 10.0 Å². The highest BCUT2D eigenvalue weighted by molar-refractivity contribution is 7.07. The molecule has 1 aliphatic heterocycles. The molecule has 0 aromatic carbocycles. The zero-order valence-electron chi connectivity index (χ0n) is 5.27. The predicted octanol–water partition coefficient (Wildman–Crippen LogP) is -0.946. The van der Waals surface area contributed by atoms with Crippen molar-refractivity contribution >= 4 is 23.2 Å². The number of rotatable bonds is 0. The van der Waals surface area contributed by atoms with Crippen LogP contribution < -0.4 is 10.0 Å². The van der Waals surface area contributed by atoms with Gasteiger partial charge in [0.2, 0.25) is 0 Å². The van der Waals surface area contributed by atoms with Crippen LogP contribution in [0.2, 0.25) is 0 Å². The summed E-state index contributed by atoms with van der Waals surface area (Å²) >= 11 is 1.30. The van der Waals surface area contributed by atoms with Crippen LogP contribution in [0.3, 0.4) is 0 Å². The first-order valence-electron chi connectivity index (χ1n) is 2.86. The third kappa shape index (κ3) is 0.894. The first-order chi connectivity index (χ1) is 5.27. The van der Waals surface area contributed by atoms with E-state index in [1.165, 1.54) is 11.3 Å². The smallest absolute Gasteiger partial charge is 0.261 e. The number of carbonyl (C=O) groups is 2. The standard InChI is InChI=1S/C6H2N2O2S/c9-4-5(10)8-6-3(7-4)1-2-11-6/h1-2H. The van der Waals surface area contributed by atoms with Gasteiger partial charge in [-0.2, -0.15) is 4.99 Å². The molecule has 1 aromatic heterocycles. The fraction of sp³-hybridized carbons (Fsp3) is 0. The van der Waals surface area contributed by atoms with E-state index >= 15 is 0 Å². The molecule has 11 heavy (non-hydrogen) atoms. The van der Waals surface area contributed by atoms with Gasteiger partial charge < -0.3 is 0 Å². The van der Waals surface area contributed by atoms with Gasteiger partial charge in [-0.3, -0.25) is 9.59 Å². The highest BCUT2D eigenvalue weighted by atomic mass is 32.1. The quantitative estimate of drug-likeness (QED) is 0.467. The van der Waals surface area contributed by atoms with Crippen LogP contribution in [0.25, 0.3) is 0 Å². The largest absolute Gasteiger partial charge is 0.338 e. The Morgan fingerprint density at radius 2 is 1.91 bits per heavy atom. The maximum Gasteiger partial charge on any atom is 0.338 e. The van der Waals surface area contributed by atoms with Gasteiger partial charge in [-0.05, 0) is 11.4 Å². The molecule has 2 rings (SSSR count). The first-order valence-corrected chi connectivity index (χ1v) is 3.74. The number of thiophene rings is 1. The Morgan fingerprint density at radius 3 is 2.73 bits per heavy atom. The van der Waals surface area contributed by atoms with Crippen molar-refractivity contribution < 1.29 is 9.59 Å². The molecule has 0 atom stereocenters. The Labute approximate surface area is 64.9 Å². The monoisotopic (exact) mass is 166 g/mol. The Balaban J connectivity index is 2.89. The van der Waals surface area contributed by atoms with E-state index in [9.17, 15) is 9.59 Å². The lowest BCUT2D eigenvalue weighted by Gasteiger charge is -1.89. The van der Waals surface area contributed by atoms with Crippen molar-refractivity contribution in [2.75, 3.05) is 0 Å². The number of fused-ring (bicyclic) bond motifs is 1. The number of amides is 2. The van der Waals surface area contributed by atoms with Gasteiger partial charge in [-0.15, -0.1) is 11.3 Å². The minimum Gasteiger partial charge on any atom is -0.261 e. The van der Waals surface area contributed by atoms with Crippen LogP contribution in [0.1, 0.15) is 0 Å². The molecule has 0 radical (unpaired) electrons. The van der Waals surface area contributed by atoms with E-state index < -0.39 is 11.8 Å². The summed E-state index contributed by atoms with van der Waals surface area (Å²) in [5.74, 6) is -1.56. The van der Waals surface area contributed by atoms with Crippen LogP contribution >= 0.6 is 11.3 Å². The summed E-state index contributed by atoms with van der Waals surface area (Å²) in [6, 6.07) is 1.66. The van der Waals surface area contributed by atoms with Crippen LogP contribution in [0, 0.1) is 0 Å². The second-order valence-electron chi connectivity index (χ2n) is 1.94. The molecule has 0 bridgehead atoms. The van der Waals surface area contributed by atoms with Crippen LogP contribution in [0.4, 0.5) is 0 Å². The number of hydrogen-bond donors (Lipinski definition) is 0. The lowest BCUT2D eigenvalue weighted by molar-refractivity contribution is -0.135. The molecular weight excluding hydrogens is 164 g/mol. The second-order valence-corrected chi connectivity index (χ2v) is 2.84. The lowest BCUT2D eigenvalue weighted by Crippen LogP contribution is -2.30. The maximum atomic E-state index is 10.7. The third-order valence-electron chi connectivity index (χ3n) is 1.23. The summed E-state index contributed by atoms with van der Waals surface area (Å²) in [6.45, 7) is 0. The van der Waals surface area contributed by atoms with Crippen LogP contribution in [0.5, 0.6) is 0 Å². The summed E-state index contributed by atoms with van der Waals surface area (Å²) in [7, 11) is 0. The van der Waals surface area contributed by atoms with E-state index in [1.54, 1.807) is 11.4 Å². The van der Waals surface area contributed by atoms with Gasteiger partial charge in [0, 0.05) is 0 Å². The van der Waals surface area contributed by atoms with Crippen molar-refractivity contribution in [1.82, 2.24) is 0 Å². The molecule has 0 aliphatic carbocycles. The van der Waals surface area contributed by atoms with E-state index in [0.717, 1.165) is 0 Å². The highest BCUT2D eigenvalue weighted by Gasteiger charge is 2.14. The molecule has 1 aromatic rings. The van der Waals surface area contributed by atoms with E-state index in [4.69, 9.17) is 0 Å². The molecule has 0 N–H and O–H groups in total. The van der Waals surface area contributed by atoms with Crippen LogP contribution in [0.15, 0.2) is 21.4 Å². The first kappa shape index (κ1) is 6.36. The van der Waals surface area contributed by atoms with E-state index in [-0.39, 0.29) is 0 Å². The SMILES string of the molecule is O=C1N=c2ccsc2=NC1=O. The Kier molecular flexibility index (Phi) is 1.19. The molecule has 0 saturated carbocycles. The van der Waals surface area contributed by atoms with Crippen molar-refractivity contribution in [3.8, 4) is 0 Å². The van der Waals surface area contributed by atoms with Crippen LogP contribution in [-0.2, 0) is 9.59 Å². The third-order valence-corrected chi connectivity index (χ3v) is 2.03. The van der Waals surface area contributed by atoms with Crippen LogP contribution in [-0.4, -0.2) is 11.8 Å². The minimum atomic E-state index is -0.782. The zero-order valence-corrected chi connectivity index (χ0v) is 6.09.